The molecule has 1 amide bonds. The molecular formula is C15H20N2O2. The number of nitrogens with one attached hydrogen (secondary N) is 1. The predicted molar refractivity (Wildman–Crippen MR) is 73.2 cm³/mol. The monoisotopic (exact) mass is 260 g/mol. The number of aliphatic hydroxyl groups is 1. The average Bonchev–Trinajstić information content (AvgIpc) is 2.38. The first kappa shape index (κ1) is 15.2. The van der Waals surface area contributed by atoms with Crippen LogP contribution in [0.5, 0.6) is 0 Å². The van der Waals surface area contributed by atoms with Gasteiger partial charge in [0.05, 0.1) is 30.2 Å². The minimum atomic E-state index is -0.617. The second-order valence-electron chi connectivity index (χ2n) is 5.04. The number of nitrogens with zero attached hydrogens (tertiary/aromatic N) is 1. The van der Waals surface area contributed by atoms with Crippen LogP contribution in [0.15, 0.2) is 24.3 Å². The van der Waals surface area contributed by atoms with Crippen LogP contribution in [0.2, 0.25) is 0 Å². The first-order valence-corrected chi connectivity index (χ1v) is 6.41. The number of rotatable bonds is 5. The molecule has 0 aromatic heterocycles. The van der Waals surface area contributed by atoms with Gasteiger partial charge in [0.15, 0.2) is 0 Å². The Morgan fingerprint density at radius 2 is 1.89 bits per heavy atom. The number of carbonyl (C=O) groups is 1. The summed E-state index contributed by atoms with van der Waals surface area (Å²) in [4.78, 5) is 11.7. The van der Waals surface area contributed by atoms with Crippen molar-refractivity contribution in [3.8, 4) is 6.07 Å². The lowest BCUT2D eigenvalue weighted by molar-refractivity contribution is -0.124. The summed E-state index contributed by atoms with van der Waals surface area (Å²) in [5, 5.41) is 21.2. The molecule has 102 valence electrons. The molecule has 2 N–H and O–H groups in total. The van der Waals surface area contributed by atoms with E-state index in [1.54, 1.807) is 12.1 Å². The largest absolute Gasteiger partial charge is 0.392 e. The Hall–Kier alpha value is -1.86. The topological polar surface area (TPSA) is 73.1 Å². The fourth-order valence-corrected chi connectivity index (χ4v) is 1.66. The molecule has 0 heterocycles. The van der Waals surface area contributed by atoms with Crippen LogP contribution in [0, 0.1) is 17.2 Å². The van der Waals surface area contributed by atoms with E-state index in [0.717, 1.165) is 5.56 Å². The van der Waals surface area contributed by atoms with Gasteiger partial charge in [-0.1, -0.05) is 26.0 Å². The normalized spacial score (nSPS) is 13.7. The lowest BCUT2D eigenvalue weighted by Crippen LogP contribution is -2.31. The second kappa shape index (κ2) is 6.91. The minimum absolute atomic E-state index is 0.0657. The van der Waals surface area contributed by atoms with Crippen LogP contribution in [0.4, 0.5) is 0 Å². The minimum Gasteiger partial charge on any atom is -0.392 e. The number of nitriles is 1. The van der Waals surface area contributed by atoms with Crippen molar-refractivity contribution >= 4 is 5.91 Å². The Bertz CT molecular complexity index is 460. The Morgan fingerprint density at radius 3 is 2.37 bits per heavy atom. The summed E-state index contributed by atoms with van der Waals surface area (Å²) in [5.74, 6) is -0.103. The molecule has 0 saturated heterocycles. The van der Waals surface area contributed by atoms with Crippen molar-refractivity contribution in [3.63, 3.8) is 0 Å². The van der Waals surface area contributed by atoms with Crippen LogP contribution in [-0.2, 0) is 4.79 Å². The van der Waals surface area contributed by atoms with Gasteiger partial charge >= 0.3 is 0 Å². The van der Waals surface area contributed by atoms with Gasteiger partial charge in [0, 0.05) is 0 Å². The molecule has 0 spiro atoms. The zero-order valence-electron chi connectivity index (χ0n) is 11.6. The van der Waals surface area contributed by atoms with Crippen LogP contribution in [0.3, 0.4) is 0 Å². The van der Waals surface area contributed by atoms with E-state index in [-0.39, 0.29) is 24.3 Å². The standard InChI is InChI=1S/C15H20N2O2/c1-10(2)14(18)8-15(19)17-11(3)13-6-4-12(9-16)5-7-13/h4-7,10-11,14,18H,8H2,1-3H3,(H,17,19). The fourth-order valence-electron chi connectivity index (χ4n) is 1.66. The van der Waals surface area contributed by atoms with Gasteiger partial charge in [0.25, 0.3) is 0 Å². The van der Waals surface area contributed by atoms with Gasteiger partial charge < -0.3 is 10.4 Å². The van der Waals surface area contributed by atoms with Gasteiger partial charge in [-0.3, -0.25) is 4.79 Å². The molecule has 0 aliphatic heterocycles. The summed E-state index contributed by atoms with van der Waals surface area (Å²) in [7, 11) is 0. The molecule has 4 heteroatoms. The van der Waals surface area contributed by atoms with Crippen molar-refractivity contribution in [3.05, 3.63) is 35.4 Å². The molecule has 0 fully saturated rings. The number of carbonyl (C=O) groups excluding carboxylic acids is 1. The van der Waals surface area contributed by atoms with E-state index in [2.05, 4.69) is 11.4 Å². The van der Waals surface area contributed by atoms with Crippen molar-refractivity contribution in [2.24, 2.45) is 5.92 Å². The number of benzene rings is 1. The number of aliphatic hydroxyl groups excluding tert-OH is 1. The van der Waals surface area contributed by atoms with E-state index < -0.39 is 6.10 Å². The van der Waals surface area contributed by atoms with Crippen molar-refractivity contribution < 1.29 is 9.90 Å². The maximum absolute atomic E-state index is 11.7. The Balaban J connectivity index is 2.56. The molecule has 2 unspecified atom stereocenters. The van der Waals surface area contributed by atoms with Crippen molar-refractivity contribution in [1.29, 1.82) is 5.26 Å². The molecule has 0 aliphatic rings. The first-order chi connectivity index (χ1) is 8.93. The molecule has 0 radical (unpaired) electrons. The van der Waals surface area contributed by atoms with Gasteiger partial charge in [-0.2, -0.15) is 5.26 Å². The van der Waals surface area contributed by atoms with Gasteiger partial charge in [0.2, 0.25) is 5.91 Å². The van der Waals surface area contributed by atoms with Gasteiger partial charge in [-0.05, 0) is 30.5 Å². The molecular weight excluding hydrogens is 240 g/mol. The molecule has 0 saturated carbocycles. The smallest absolute Gasteiger partial charge is 0.223 e. The zero-order chi connectivity index (χ0) is 14.4. The van der Waals surface area contributed by atoms with E-state index >= 15 is 0 Å². The molecule has 0 aliphatic carbocycles. The number of amides is 1. The lowest BCUT2D eigenvalue weighted by atomic mass is 10.0. The Labute approximate surface area is 114 Å². The van der Waals surface area contributed by atoms with Crippen LogP contribution < -0.4 is 5.32 Å². The highest BCUT2D eigenvalue weighted by Gasteiger charge is 2.16. The molecule has 19 heavy (non-hydrogen) atoms. The Kier molecular flexibility index (Phi) is 5.53. The summed E-state index contributed by atoms with van der Waals surface area (Å²) >= 11 is 0. The lowest BCUT2D eigenvalue weighted by Gasteiger charge is -2.18. The zero-order valence-corrected chi connectivity index (χ0v) is 11.6. The molecule has 4 nitrogen and oxygen atoms in total. The Morgan fingerprint density at radius 1 is 1.32 bits per heavy atom. The fraction of sp³-hybridized carbons (Fsp3) is 0.467. The third-order valence-corrected chi connectivity index (χ3v) is 3.08. The summed E-state index contributed by atoms with van der Waals surface area (Å²) in [6.07, 6.45) is -0.508. The highest BCUT2D eigenvalue weighted by molar-refractivity contribution is 5.76. The third-order valence-electron chi connectivity index (χ3n) is 3.08. The van der Waals surface area contributed by atoms with Crippen LogP contribution in [0.1, 0.15) is 44.4 Å². The summed E-state index contributed by atoms with van der Waals surface area (Å²) < 4.78 is 0. The maximum atomic E-state index is 11.7. The third kappa shape index (κ3) is 4.72. The van der Waals surface area contributed by atoms with Crippen LogP contribution >= 0.6 is 0 Å². The predicted octanol–water partition coefficient (Wildman–Crippen LogP) is 2.14. The van der Waals surface area contributed by atoms with Crippen LogP contribution in [-0.4, -0.2) is 17.1 Å². The highest BCUT2D eigenvalue weighted by Crippen LogP contribution is 2.14. The van der Waals surface area contributed by atoms with Gasteiger partial charge in [-0.15, -0.1) is 0 Å². The molecule has 1 aromatic rings. The van der Waals surface area contributed by atoms with E-state index in [1.807, 2.05) is 32.9 Å². The SMILES string of the molecule is CC(NC(=O)CC(O)C(C)C)c1ccc(C#N)cc1. The quantitative estimate of drug-likeness (QED) is 0.852. The first-order valence-electron chi connectivity index (χ1n) is 6.41. The molecule has 1 aromatic carbocycles. The second-order valence-corrected chi connectivity index (χ2v) is 5.04. The van der Waals surface area contributed by atoms with Crippen LogP contribution in [0.25, 0.3) is 0 Å². The highest BCUT2D eigenvalue weighted by atomic mass is 16.3. The molecule has 0 bridgehead atoms. The average molecular weight is 260 g/mol. The van der Waals surface area contributed by atoms with Crippen molar-refractivity contribution in [1.82, 2.24) is 5.32 Å². The molecule has 1 rings (SSSR count). The van der Waals surface area contributed by atoms with E-state index in [0.29, 0.717) is 5.56 Å². The van der Waals surface area contributed by atoms with Gasteiger partial charge in [0.1, 0.15) is 0 Å². The van der Waals surface area contributed by atoms with E-state index in [1.165, 1.54) is 0 Å². The van der Waals surface area contributed by atoms with Crippen molar-refractivity contribution in [2.75, 3.05) is 0 Å². The van der Waals surface area contributed by atoms with E-state index in [4.69, 9.17) is 5.26 Å². The summed E-state index contributed by atoms with van der Waals surface area (Å²) in [6, 6.07) is 9.00. The summed E-state index contributed by atoms with van der Waals surface area (Å²) in [5.41, 5.74) is 1.53. The maximum Gasteiger partial charge on any atom is 0.223 e. The van der Waals surface area contributed by atoms with Crippen molar-refractivity contribution in [2.45, 2.75) is 39.3 Å². The molecule has 2 atom stereocenters. The van der Waals surface area contributed by atoms with Gasteiger partial charge in [-0.25, -0.2) is 0 Å². The number of hydrogen-bond acceptors (Lipinski definition) is 3. The summed E-state index contributed by atoms with van der Waals surface area (Å²) in [6.45, 7) is 5.63. The van der Waals surface area contributed by atoms with E-state index in [9.17, 15) is 9.90 Å². The number of hydrogen-bond donors (Lipinski definition) is 2.